The average molecular weight is 818 g/mol. The number of carboxylic acid groups (broad SMARTS) is 1. The maximum Gasteiger partial charge on any atom is 1.00 e. The summed E-state index contributed by atoms with van der Waals surface area (Å²) in [6.45, 7) is -0.892. The number of nitrogens with one attached hydrogen (secondary N) is 2. The van der Waals surface area contributed by atoms with Crippen LogP contribution in [0.2, 0.25) is 0 Å². The summed E-state index contributed by atoms with van der Waals surface area (Å²) in [5.41, 5.74) is -0.334. The zero-order valence-corrected chi connectivity index (χ0v) is 32.2. The molecule has 3 fully saturated rings. The third-order valence-electron chi connectivity index (χ3n) is 9.14. The molecule has 11 N–H and O–H groups in total. The van der Waals surface area contributed by atoms with Gasteiger partial charge < -0.3 is 94.9 Å². The molecule has 16 atom stereocenters. The molecular formula is C31H44N3NaO21. The quantitative estimate of drug-likeness (QED) is 0.0445. The molecule has 0 bridgehead atoms. The van der Waals surface area contributed by atoms with Crippen LogP contribution >= 0.6 is 0 Å². The summed E-state index contributed by atoms with van der Waals surface area (Å²) in [4.78, 5) is 47.4. The first kappa shape index (κ1) is 47.6. The summed E-state index contributed by atoms with van der Waals surface area (Å²) >= 11 is 0. The molecule has 0 saturated carbocycles. The Hall–Kier alpha value is -2.73. The number of amides is 2. The monoisotopic (exact) mass is 817 g/mol. The van der Waals surface area contributed by atoms with E-state index in [4.69, 9.17) is 28.4 Å². The number of aliphatic carboxylic acids is 1. The normalized spacial score (nSPS) is 36.9. The summed E-state index contributed by atoms with van der Waals surface area (Å²) < 4.78 is 34.1. The third-order valence-corrected chi connectivity index (χ3v) is 9.14. The molecule has 3 aliphatic rings. The number of nitro benzene ring substituents is 1. The number of carboxylic acids is 1. The molecule has 4 rings (SSSR count). The summed E-state index contributed by atoms with van der Waals surface area (Å²) in [6.07, 6.45) is -25.5. The van der Waals surface area contributed by atoms with Crippen LogP contribution in [0, 0.1) is 10.1 Å². The number of carbonyl (C=O) groups is 3. The fourth-order valence-electron chi connectivity index (χ4n) is 6.31. The number of rotatable bonds is 15. The number of carbonyl (C=O) groups excluding carboxylic acids is 3. The van der Waals surface area contributed by atoms with E-state index in [-0.39, 0.29) is 41.0 Å². The van der Waals surface area contributed by atoms with Gasteiger partial charge in [0, 0.05) is 32.4 Å². The van der Waals surface area contributed by atoms with Gasteiger partial charge in [0.25, 0.3) is 5.69 Å². The number of hydrogen-bond acceptors (Lipinski definition) is 21. The van der Waals surface area contributed by atoms with Gasteiger partial charge in [-0.15, -0.1) is 0 Å². The maximum absolute atomic E-state index is 12.6. The van der Waals surface area contributed by atoms with Gasteiger partial charge in [-0.3, -0.25) is 19.7 Å². The Morgan fingerprint density at radius 3 is 2.04 bits per heavy atom. The summed E-state index contributed by atoms with van der Waals surface area (Å²) in [5, 5.41) is 122. The SMILES string of the molecule is CC(=O)NC1C(O)CC(OCC2OC(Oc3ccc([N+](=O)[O-])cc3)C(NC(C)=O)C(OC3OC(CO)C(O)C(O)C3O)C2O)(C(=O)[O-])OC1C(O)C(O)CO.[Na+]. The Bertz CT molecular complexity index is 1490. The van der Waals surface area contributed by atoms with Crippen LogP contribution in [-0.4, -0.2) is 186 Å². The van der Waals surface area contributed by atoms with E-state index in [1.165, 1.54) is 0 Å². The molecule has 24 nitrogen and oxygen atoms in total. The molecule has 3 heterocycles. The second-order valence-electron chi connectivity index (χ2n) is 13.1. The van der Waals surface area contributed by atoms with Gasteiger partial charge in [-0.05, 0) is 12.1 Å². The molecule has 1 aromatic carbocycles. The van der Waals surface area contributed by atoms with Gasteiger partial charge in [0.1, 0.15) is 78.8 Å². The van der Waals surface area contributed by atoms with Crippen molar-refractivity contribution >= 4 is 23.5 Å². The zero-order chi connectivity index (χ0) is 40.9. The number of nitro groups is 1. The van der Waals surface area contributed by atoms with E-state index in [2.05, 4.69) is 10.6 Å². The van der Waals surface area contributed by atoms with Crippen molar-refractivity contribution in [3.8, 4) is 5.75 Å². The minimum Gasteiger partial charge on any atom is -0.544 e. The van der Waals surface area contributed by atoms with Gasteiger partial charge in [0.15, 0.2) is 6.29 Å². The van der Waals surface area contributed by atoms with Gasteiger partial charge in [-0.2, -0.15) is 0 Å². The number of non-ortho nitro benzene ring substituents is 1. The number of nitrogens with zero attached hydrogens (tertiary/aromatic N) is 1. The Labute approximate surface area is 339 Å². The van der Waals surface area contributed by atoms with Crippen molar-refractivity contribution in [3.63, 3.8) is 0 Å². The molecule has 2 amide bonds. The Morgan fingerprint density at radius 2 is 1.50 bits per heavy atom. The summed E-state index contributed by atoms with van der Waals surface area (Å²) in [6, 6.07) is 1.28. The molecule has 310 valence electrons. The van der Waals surface area contributed by atoms with Crippen LogP contribution in [0.1, 0.15) is 20.3 Å². The summed E-state index contributed by atoms with van der Waals surface area (Å²) in [5.74, 6) is -6.81. The number of aliphatic hydroxyl groups is 9. The number of benzene rings is 1. The zero-order valence-electron chi connectivity index (χ0n) is 30.2. The van der Waals surface area contributed by atoms with Crippen LogP contribution in [0.4, 0.5) is 5.69 Å². The van der Waals surface area contributed by atoms with E-state index in [1.807, 2.05) is 0 Å². The van der Waals surface area contributed by atoms with Gasteiger partial charge in [-0.1, -0.05) is 0 Å². The number of ether oxygens (including phenoxy) is 6. The van der Waals surface area contributed by atoms with E-state index in [9.17, 15) is 75.6 Å². The molecule has 1 aromatic rings. The van der Waals surface area contributed by atoms with E-state index >= 15 is 0 Å². The van der Waals surface area contributed by atoms with Crippen molar-refractivity contribution in [2.45, 2.75) is 118 Å². The molecule has 0 spiro atoms. The van der Waals surface area contributed by atoms with Crippen molar-refractivity contribution in [3.05, 3.63) is 34.4 Å². The van der Waals surface area contributed by atoms with Crippen LogP contribution in [0.5, 0.6) is 5.75 Å². The largest absolute Gasteiger partial charge is 1.00 e. The molecule has 25 heteroatoms. The number of aliphatic hydroxyl groups excluding tert-OH is 9. The average Bonchev–Trinajstić information content (AvgIpc) is 3.13. The minimum atomic E-state index is -3.02. The Balaban J connectivity index is 0.00000841. The second kappa shape index (κ2) is 20.3. The van der Waals surface area contributed by atoms with Crippen LogP contribution < -0.4 is 50.0 Å². The van der Waals surface area contributed by atoms with Crippen molar-refractivity contribution in [1.82, 2.24) is 10.6 Å². The first-order chi connectivity index (χ1) is 25.8. The van der Waals surface area contributed by atoms with Gasteiger partial charge in [0.05, 0.1) is 36.9 Å². The number of hydrogen-bond donors (Lipinski definition) is 11. The van der Waals surface area contributed by atoms with Crippen molar-refractivity contribution in [1.29, 1.82) is 0 Å². The van der Waals surface area contributed by atoms with Crippen LogP contribution in [0.15, 0.2) is 24.3 Å². The van der Waals surface area contributed by atoms with Crippen LogP contribution in [0.25, 0.3) is 0 Å². The van der Waals surface area contributed by atoms with Crippen LogP contribution in [0.3, 0.4) is 0 Å². The fourth-order valence-corrected chi connectivity index (χ4v) is 6.31. The van der Waals surface area contributed by atoms with Crippen molar-refractivity contribution < 1.29 is 128 Å². The first-order valence-electron chi connectivity index (χ1n) is 16.8. The topological polar surface area (TPSA) is 379 Å². The smallest absolute Gasteiger partial charge is 0.544 e. The van der Waals surface area contributed by atoms with E-state index in [0.29, 0.717) is 0 Å². The predicted octanol–water partition coefficient (Wildman–Crippen LogP) is -10.4. The van der Waals surface area contributed by atoms with Crippen LogP contribution in [-0.2, 0) is 38.1 Å². The van der Waals surface area contributed by atoms with Gasteiger partial charge >= 0.3 is 29.6 Å². The standard InChI is InChI=1S/C31H45N3O21.Na/c1-11(37)32-19-15(39)7-31(30(46)47,55-27(19)21(41)16(40)8-35)50-10-18-23(43)26(54-29-25(45)24(44)22(42)17(9-36)52-29)20(33-12(2)38)28(53-18)51-14-5-3-13(4-6-14)34(48)49;/h3-6,15-29,35-36,39-45H,7-10H2,1-2H3,(H,32,37)(H,33,38)(H,46,47);/q;+1/p-1. The Morgan fingerprint density at radius 1 is 0.911 bits per heavy atom. The maximum atomic E-state index is 12.6. The Kier molecular flexibility index (Phi) is 17.3. The second-order valence-corrected chi connectivity index (χ2v) is 13.1. The van der Waals surface area contributed by atoms with E-state index < -0.39 is 147 Å². The molecule has 56 heavy (non-hydrogen) atoms. The molecule has 0 aromatic heterocycles. The van der Waals surface area contributed by atoms with Gasteiger partial charge in [-0.25, -0.2) is 0 Å². The van der Waals surface area contributed by atoms with Crippen molar-refractivity contribution in [2.24, 2.45) is 0 Å². The van der Waals surface area contributed by atoms with Gasteiger partial charge in [0.2, 0.25) is 23.9 Å². The molecule has 16 unspecified atom stereocenters. The predicted molar refractivity (Wildman–Crippen MR) is 171 cm³/mol. The molecule has 0 radical (unpaired) electrons. The fraction of sp³-hybridized carbons (Fsp3) is 0.710. The third kappa shape index (κ3) is 10.9. The van der Waals surface area contributed by atoms with E-state index in [0.717, 1.165) is 38.1 Å². The summed E-state index contributed by atoms with van der Waals surface area (Å²) in [7, 11) is 0. The van der Waals surface area contributed by atoms with Crippen molar-refractivity contribution in [2.75, 3.05) is 19.8 Å². The molecule has 0 aliphatic carbocycles. The molecule has 3 saturated heterocycles. The van der Waals surface area contributed by atoms with E-state index in [1.54, 1.807) is 0 Å². The first-order valence-corrected chi connectivity index (χ1v) is 16.8. The minimum absolute atomic E-state index is 0. The molecule has 3 aliphatic heterocycles. The molecular weight excluding hydrogens is 773 g/mol.